The molecule has 0 saturated carbocycles. The van der Waals surface area contributed by atoms with Crippen molar-refractivity contribution in [1.29, 1.82) is 0 Å². The van der Waals surface area contributed by atoms with E-state index in [4.69, 9.17) is 16.7 Å². The van der Waals surface area contributed by atoms with Gasteiger partial charge in [0.15, 0.2) is 0 Å². The summed E-state index contributed by atoms with van der Waals surface area (Å²) in [5.74, 6) is 0. The van der Waals surface area contributed by atoms with Gasteiger partial charge in [0.2, 0.25) is 0 Å². The van der Waals surface area contributed by atoms with E-state index < -0.39 is 0 Å². The zero-order valence-electron chi connectivity index (χ0n) is 10.6. The lowest BCUT2D eigenvalue weighted by atomic mass is 10.0. The van der Waals surface area contributed by atoms with Crippen LogP contribution < -0.4 is 5.32 Å². The third kappa shape index (κ3) is 1.97. The van der Waals surface area contributed by atoms with E-state index in [2.05, 4.69) is 17.6 Å². The SMILES string of the molecule is Clc1ccccc1Cn1cc2c(n1)C[C@@H]1CC[C@H]2N1. The summed E-state index contributed by atoms with van der Waals surface area (Å²) < 4.78 is 2.04. The largest absolute Gasteiger partial charge is 0.307 e. The van der Waals surface area contributed by atoms with Crippen LogP contribution in [0.2, 0.25) is 5.02 Å². The second kappa shape index (κ2) is 4.36. The Kier molecular flexibility index (Phi) is 2.64. The van der Waals surface area contributed by atoms with Crippen LogP contribution in [0.15, 0.2) is 30.5 Å². The van der Waals surface area contributed by atoms with Crippen LogP contribution in [0, 0.1) is 0 Å². The highest BCUT2D eigenvalue weighted by Gasteiger charge is 2.34. The van der Waals surface area contributed by atoms with Gasteiger partial charge in [-0.3, -0.25) is 4.68 Å². The van der Waals surface area contributed by atoms with Crippen molar-refractivity contribution in [3.8, 4) is 0 Å². The molecule has 2 bridgehead atoms. The van der Waals surface area contributed by atoms with Gasteiger partial charge in [-0.2, -0.15) is 5.10 Å². The van der Waals surface area contributed by atoms with Gasteiger partial charge in [0.05, 0.1) is 12.2 Å². The van der Waals surface area contributed by atoms with Gasteiger partial charge in [-0.05, 0) is 24.5 Å². The Balaban J connectivity index is 1.64. The molecule has 0 spiro atoms. The van der Waals surface area contributed by atoms with Gasteiger partial charge in [-0.15, -0.1) is 0 Å². The van der Waals surface area contributed by atoms with Crippen LogP contribution in [-0.4, -0.2) is 15.8 Å². The molecule has 3 nitrogen and oxygen atoms in total. The first-order chi connectivity index (χ1) is 9.29. The lowest BCUT2D eigenvalue weighted by Gasteiger charge is -2.19. The summed E-state index contributed by atoms with van der Waals surface area (Å²) in [5.41, 5.74) is 3.79. The van der Waals surface area contributed by atoms with Gasteiger partial charge >= 0.3 is 0 Å². The van der Waals surface area contributed by atoms with Crippen molar-refractivity contribution in [2.45, 2.75) is 37.9 Å². The maximum atomic E-state index is 6.21. The van der Waals surface area contributed by atoms with E-state index >= 15 is 0 Å². The molecule has 4 rings (SSSR count). The fourth-order valence-electron chi connectivity index (χ4n) is 3.27. The quantitative estimate of drug-likeness (QED) is 0.912. The average Bonchev–Trinajstić information content (AvgIpc) is 2.98. The third-order valence-electron chi connectivity index (χ3n) is 4.22. The van der Waals surface area contributed by atoms with Gasteiger partial charge in [0.25, 0.3) is 0 Å². The number of fused-ring (bicyclic) bond motifs is 4. The molecule has 2 aliphatic heterocycles. The van der Waals surface area contributed by atoms with Crippen LogP contribution in [0.1, 0.15) is 35.7 Å². The Bertz CT molecular complexity index is 620. The molecule has 0 unspecified atom stereocenters. The number of hydrogen-bond donors (Lipinski definition) is 1. The molecule has 1 aromatic heterocycles. The topological polar surface area (TPSA) is 29.9 Å². The first kappa shape index (κ1) is 11.5. The molecule has 4 heteroatoms. The van der Waals surface area contributed by atoms with Gasteiger partial charge < -0.3 is 5.32 Å². The van der Waals surface area contributed by atoms with E-state index in [1.165, 1.54) is 24.1 Å². The van der Waals surface area contributed by atoms with E-state index in [-0.39, 0.29) is 0 Å². The number of nitrogens with zero attached hydrogens (tertiary/aromatic N) is 2. The zero-order chi connectivity index (χ0) is 12.8. The van der Waals surface area contributed by atoms with Crippen molar-refractivity contribution in [2.75, 3.05) is 0 Å². The van der Waals surface area contributed by atoms with E-state index in [1.54, 1.807) is 0 Å². The van der Waals surface area contributed by atoms with Crippen molar-refractivity contribution in [1.82, 2.24) is 15.1 Å². The highest BCUT2D eigenvalue weighted by Crippen LogP contribution is 2.35. The molecule has 1 aromatic carbocycles. The standard InChI is InChI=1S/C15H16ClN3/c16-13-4-2-1-3-10(13)8-19-9-12-14-6-5-11(17-14)7-15(12)18-19/h1-4,9,11,14,17H,5-8H2/t11-,14+/m0/s1. The second-order valence-corrected chi connectivity index (χ2v) is 5.92. The summed E-state index contributed by atoms with van der Waals surface area (Å²) in [5, 5.41) is 9.22. The van der Waals surface area contributed by atoms with Crippen molar-refractivity contribution in [2.24, 2.45) is 0 Å². The highest BCUT2D eigenvalue weighted by molar-refractivity contribution is 6.31. The Hall–Kier alpha value is -1.32. The Morgan fingerprint density at radius 2 is 2.21 bits per heavy atom. The minimum Gasteiger partial charge on any atom is -0.307 e. The molecular weight excluding hydrogens is 258 g/mol. The number of benzene rings is 1. The number of aromatic nitrogens is 2. The van der Waals surface area contributed by atoms with Gasteiger partial charge in [-0.1, -0.05) is 29.8 Å². The van der Waals surface area contributed by atoms with E-state index in [9.17, 15) is 0 Å². The van der Waals surface area contributed by atoms with Crippen LogP contribution in [0.3, 0.4) is 0 Å². The molecule has 3 heterocycles. The van der Waals surface area contributed by atoms with E-state index in [0.29, 0.717) is 12.1 Å². The summed E-state index contributed by atoms with van der Waals surface area (Å²) in [6.07, 6.45) is 5.79. The molecule has 2 aliphatic rings. The van der Waals surface area contributed by atoms with Crippen molar-refractivity contribution in [3.63, 3.8) is 0 Å². The van der Waals surface area contributed by atoms with Crippen molar-refractivity contribution >= 4 is 11.6 Å². The summed E-state index contributed by atoms with van der Waals surface area (Å²) >= 11 is 6.21. The van der Waals surface area contributed by atoms with Gasteiger partial charge in [0.1, 0.15) is 0 Å². The predicted octanol–water partition coefficient (Wildman–Crippen LogP) is 2.93. The summed E-state index contributed by atoms with van der Waals surface area (Å²) in [6.45, 7) is 0.754. The Morgan fingerprint density at radius 1 is 1.32 bits per heavy atom. The lowest BCUT2D eigenvalue weighted by molar-refractivity contribution is 0.509. The zero-order valence-corrected chi connectivity index (χ0v) is 11.4. The molecule has 2 aromatic rings. The van der Waals surface area contributed by atoms with Crippen LogP contribution >= 0.6 is 11.6 Å². The Morgan fingerprint density at radius 3 is 3.11 bits per heavy atom. The lowest BCUT2D eigenvalue weighted by Crippen LogP contribution is -2.31. The monoisotopic (exact) mass is 273 g/mol. The van der Waals surface area contributed by atoms with Crippen molar-refractivity contribution < 1.29 is 0 Å². The normalized spacial score (nSPS) is 24.5. The molecule has 1 saturated heterocycles. The molecule has 19 heavy (non-hydrogen) atoms. The average molecular weight is 274 g/mol. The van der Waals surface area contributed by atoms with Gasteiger partial charge in [-0.25, -0.2) is 0 Å². The number of rotatable bonds is 2. The molecule has 98 valence electrons. The van der Waals surface area contributed by atoms with Crippen LogP contribution in [0.4, 0.5) is 0 Å². The molecule has 1 fully saturated rings. The minimum absolute atomic E-state index is 0.522. The first-order valence-electron chi connectivity index (χ1n) is 6.85. The summed E-state index contributed by atoms with van der Waals surface area (Å²) in [7, 11) is 0. The number of hydrogen-bond acceptors (Lipinski definition) is 2. The Labute approximate surface area is 117 Å². The van der Waals surface area contributed by atoms with E-state index in [1.807, 2.05) is 22.9 Å². The highest BCUT2D eigenvalue weighted by atomic mass is 35.5. The fraction of sp³-hybridized carbons (Fsp3) is 0.400. The number of nitrogens with one attached hydrogen (secondary N) is 1. The molecule has 1 N–H and O–H groups in total. The first-order valence-corrected chi connectivity index (χ1v) is 7.23. The maximum Gasteiger partial charge on any atom is 0.0688 e. The van der Waals surface area contributed by atoms with Crippen LogP contribution in [0.5, 0.6) is 0 Å². The smallest absolute Gasteiger partial charge is 0.0688 e. The maximum absolute atomic E-state index is 6.21. The molecule has 2 atom stereocenters. The molecule has 0 aliphatic carbocycles. The second-order valence-electron chi connectivity index (χ2n) is 5.52. The molecule has 0 radical (unpaired) electrons. The van der Waals surface area contributed by atoms with Crippen molar-refractivity contribution in [3.05, 3.63) is 52.3 Å². The van der Waals surface area contributed by atoms with Crippen LogP contribution in [0.25, 0.3) is 0 Å². The molecular formula is C15H16ClN3. The predicted molar refractivity (Wildman–Crippen MR) is 75.4 cm³/mol. The summed E-state index contributed by atoms with van der Waals surface area (Å²) in [4.78, 5) is 0. The fourth-order valence-corrected chi connectivity index (χ4v) is 3.46. The third-order valence-corrected chi connectivity index (χ3v) is 4.59. The number of halogens is 1. The molecule has 0 amide bonds. The van der Waals surface area contributed by atoms with E-state index in [0.717, 1.165) is 23.6 Å². The summed E-state index contributed by atoms with van der Waals surface area (Å²) in [6, 6.07) is 9.14. The van der Waals surface area contributed by atoms with Crippen LogP contribution in [-0.2, 0) is 13.0 Å². The minimum atomic E-state index is 0.522. The van der Waals surface area contributed by atoms with Gasteiger partial charge in [0, 0.05) is 35.3 Å².